The van der Waals surface area contributed by atoms with E-state index in [2.05, 4.69) is 41.4 Å². The van der Waals surface area contributed by atoms with Gasteiger partial charge in [0.1, 0.15) is 11.3 Å². The maximum atomic E-state index is 12.3. The molecule has 1 N–H and O–H groups in total. The molecule has 0 bridgehead atoms. The van der Waals surface area contributed by atoms with Crippen LogP contribution in [0.5, 0.6) is 5.75 Å². The van der Waals surface area contributed by atoms with Gasteiger partial charge in [0.15, 0.2) is 0 Å². The highest BCUT2D eigenvalue weighted by Gasteiger charge is 2.15. The summed E-state index contributed by atoms with van der Waals surface area (Å²) in [5, 5.41) is 3.94. The third-order valence-electron chi connectivity index (χ3n) is 5.11. The molecule has 1 amide bonds. The van der Waals surface area contributed by atoms with Crippen LogP contribution in [0, 0.1) is 6.92 Å². The molecule has 1 heterocycles. The fourth-order valence-electron chi connectivity index (χ4n) is 3.42. The molecule has 30 heavy (non-hydrogen) atoms. The van der Waals surface area contributed by atoms with Crippen LogP contribution in [0.1, 0.15) is 24.5 Å². The van der Waals surface area contributed by atoms with Crippen LogP contribution in [-0.2, 0) is 4.79 Å². The number of rotatable bonds is 8. The number of aryl methyl sites for hydroxylation is 1. The Bertz CT molecular complexity index is 1050. The zero-order valence-electron chi connectivity index (χ0n) is 18.4. The molecule has 0 saturated carbocycles. The van der Waals surface area contributed by atoms with Gasteiger partial charge in [0.2, 0.25) is 5.91 Å². The second kappa shape index (κ2) is 9.63. The summed E-state index contributed by atoms with van der Waals surface area (Å²) in [6.45, 7) is 5.58. The average molecular weight is 407 g/mol. The van der Waals surface area contributed by atoms with Crippen molar-refractivity contribution in [2.24, 2.45) is 0 Å². The van der Waals surface area contributed by atoms with Gasteiger partial charge in [-0.2, -0.15) is 0 Å². The summed E-state index contributed by atoms with van der Waals surface area (Å²) in [5.74, 6) is 0.584. The average Bonchev–Trinajstić information content (AvgIpc) is 3.13. The fraction of sp³-hybridized carbons (Fsp3) is 0.320. The molecule has 5 heteroatoms. The maximum Gasteiger partial charge on any atom is 0.244 e. The standard InChI is InChI=1S/C25H30N2O3/c1-17-7-9-19(10-8-17)22-16-30-24-15-23(29-5)20(14-21(22)24)18(2)13-25(28)26-11-6-12-27(3)4/h7-10,13-16H,6,11-12H2,1-5H3,(H,26,28)/b18-13+. The van der Waals surface area contributed by atoms with Gasteiger partial charge in [-0.25, -0.2) is 0 Å². The number of carbonyl (C=O) groups excluding carboxylic acids is 1. The van der Waals surface area contributed by atoms with Gasteiger partial charge in [-0.1, -0.05) is 29.8 Å². The lowest BCUT2D eigenvalue weighted by Crippen LogP contribution is -2.25. The predicted molar refractivity (Wildman–Crippen MR) is 123 cm³/mol. The van der Waals surface area contributed by atoms with Crippen LogP contribution in [0.15, 0.2) is 53.2 Å². The number of methoxy groups -OCH3 is 1. The van der Waals surface area contributed by atoms with Gasteiger partial charge in [0.25, 0.3) is 0 Å². The van der Waals surface area contributed by atoms with Crippen molar-refractivity contribution >= 4 is 22.4 Å². The number of nitrogens with zero attached hydrogens (tertiary/aromatic N) is 1. The van der Waals surface area contributed by atoms with Gasteiger partial charge in [-0.3, -0.25) is 4.79 Å². The number of benzene rings is 2. The maximum absolute atomic E-state index is 12.3. The van der Waals surface area contributed by atoms with E-state index in [1.54, 1.807) is 19.4 Å². The molecule has 2 aromatic carbocycles. The quantitative estimate of drug-likeness (QED) is 0.428. The Morgan fingerprint density at radius 3 is 2.60 bits per heavy atom. The van der Waals surface area contributed by atoms with Crippen LogP contribution in [0.4, 0.5) is 0 Å². The van der Waals surface area contributed by atoms with Crippen molar-refractivity contribution in [3.8, 4) is 16.9 Å². The molecule has 3 aromatic rings. The number of carbonyl (C=O) groups is 1. The van der Waals surface area contributed by atoms with E-state index >= 15 is 0 Å². The van der Waals surface area contributed by atoms with Crippen LogP contribution in [0.25, 0.3) is 27.7 Å². The molecule has 0 aliphatic carbocycles. The van der Waals surface area contributed by atoms with Crippen molar-refractivity contribution < 1.29 is 13.9 Å². The Morgan fingerprint density at radius 1 is 1.20 bits per heavy atom. The largest absolute Gasteiger partial charge is 0.496 e. The van der Waals surface area contributed by atoms with Crippen LogP contribution in [0.3, 0.4) is 0 Å². The van der Waals surface area contributed by atoms with Crippen LogP contribution >= 0.6 is 0 Å². The van der Waals surface area contributed by atoms with Crippen molar-refractivity contribution in [2.45, 2.75) is 20.3 Å². The minimum Gasteiger partial charge on any atom is -0.496 e. The number of hydrogen-bond donors (Lipinski definition) is 1. The van der Waals surface area contributed by atoms with E-state index in [1.165, 1.54) is 5.56 Å². The molecule has 0 spiro atoms. The summed E-state index contributed by atoms with van der Waals surface area (Å²) < 4.78 is 11.4. The van der Waals surface area contributed by atoms with Crippen LogP contribution < -0.4 is 10.1 Å². The topological polar surface area (TPSA) is 54.7 Å². The smallest absolute Gasteiger partial charge is 0.244 e. The third-order valence-corrected chi connectivity index (χ3v) is 5.11. The zero-order chi connectivity index (χ0) is 21.7. The van der Waals surface area contributed by atoms with E-state index in [-0.39, 0.29) is 5.91 Å². The number of ether oxygens (including phenoxy) is 1. The van der Waals surface area contributed by atoms with Gasteiger partial charge < -0.3 is 19.4 Å². The SMILES string of the molecule is COc1cc2occ(-c3ccc(C)cc3)c2cc1/C(C)=C/C(=O)NCCCN(C)C. The molecule has 0 unspecified atom stereocenters. The summed E-state index contributed by atoms with van der Waals surface area (Å²) in [5.41, 5.74) is 5.81. The number of hydrogen-bond acceptors (Lipinski definition) is 4. The van der Waals surface area contributed by atoms with Crippen molar-refractivity contribution in [3.05, 3.63) is 59.9 Å². The number of fused-ring (bicyclic) bond motifs is 1. The van der Waals surface area contributed by atoms with Gasteiger partial charge in [-0.05, 0) is 58.1 Å². The van der Waals surface area contributed by atoms with E-state index < -0.39 is 0 Å². The Labute approximate surface area is 178 Å². The zero-order valence-corrected chi connectivity index (χ0v) is 18.4. The molecule has 0 atom stereocenters. The third kappa shape index (κ3) is 5.10. The monoisotopic (exact) mass is 406 g/mol. The van der Waals surface area contributed by atoms with E-state index in [4.69, 9.17) is 9.15 Å². The molecule has 3 rings (SSSR count). The molecule has 0 fully saturated rings. The minimum atomic E-state index is -0.0978. The number of nitrogens with one attached hydrogen (secondary N) is 1. The lowest BCUT2D eigenvalue weighted by Gasteiger charge is -2.11. The predicted octanol–water partition coefficient (Wildman–Crippen LogP) is 4.89. The highest BCUT2D eigenvalue weighted by molar-refractivity contribution is 6.00. The molecule has 1 aromatic heterocycles. The lowest BCUT2D eigenvalue weighted by atomic mass is 9.99. The summed E-state index contributed by atoms with van der Waals surface area (Å²) in [6.07, 6.45) is 4.32. The van der Waals surface area contributed by atoms with E-state index in [9.17, 15) is 4.79 Å². The first-order valence-corrected chi connectivity index (χ1v) is 10.2. The lowest BCUT2D eigenvalue weighted by molar-refractivity contribution is -0.116. The first kappa shape index (κ1) is 21.7. The molecule has 0 aliphatic rings. The molecular weight excluding hydrogens is 376 g/mol. The highest BCUT2D eigenvalue weighted by atomic mass is 16.5. The van der Waals surface area contributed by atoms with Crippen molar-refractivity contribution in [1.82, 2.24) is 10.2 Å². The van der Waals surface area contributed by atoms with E-state index in [1.807, 2.05) is 33.2 Å². The fourth-order valence-corrected chi connectivity index (χ4v) is 3.42. The summed E-state index contributed by atoms with van der Waals surface area (Å²) in [6, 6.07) is 12.3. The van der Waals surface area contributed by atoms with Crippen molar-refractivity contribution in [2.75, 3.05) is 34.3 Å². The van der Waals surface area contributed by atoms with Gasteiger partial charge in [0.05, 0.1) is 13.4 Å². The first-order valence-electron chi connectivity index (χ1n) is 10.2. The highest BCUT2D eigenvalue weighted by Crippen LogP contribution is 2.37. The molecular formula is C25H30N2O3. The normalized spacial score (nSPS) is 11.9. The van der Waals surface area contributed by atoms with Crippen molar-refractivity contribution in [3.63, 3.8) is 0 Å². The van der Waals surface area contributed by atoms with Gasteiger partial charge >= 0.3 is 0 Å². The summed E-state index contributed by atoms with van der Waals surface area (Å²) >= 11 is 0. The molecule has 0 saturated heterocycles. The van der Waals surface area contributed by atoms with Gasteiger partial charge in [-0.15, -0.1) is 0 Å². The van der Waals surface area contributed by atoms with Gasteiger partial charge in [0, 0.05) is 35.2 Å². The second-order valence-electron chi connectivity index (χ2n) is 7.84. The van der Waals surface area contributed by atoms with Crippen LogP contribution in [-0.4, -0.2) is 45.1 Å². The number of furan rings is 1. The molecule has 0 aliphatic heterocycles. The number of allylic oxidation sites excluding steroid dienone is 1. The minimum absolute atomic E-state index is 0.0978. The van der Waals surface area contributed by atoms with Crippen molar-refractivity contribution in [1.29, 1.82) is 0 Å². The van der Waals surface area contributed by atoms with E-state index in [0.29, 0.717) is 12.3 Å². The summed E-state index contributed by atoms with van der Waals surface area (Å²) in [4.78, 5) is 14.4. The Morgan fingerprint density at radius 2 is 1.93 bits per heavy atom. The Balaban J connectivity index is 1.89. The first-order chi connectivity index (χ1) is 14.4. The molecule has 5 nitrogen and oxygen atoms in total. The number of amides is 1. The summed E-state index contributed by atoms with van der Waals surface area (Å²) in [7, 11) is 5.67. The van der Waals surface area contributed by atoms with Crippen LogP contribution in [0.2, 0.25) is 0 Å². The Kier molecular flexibility index (Phi) is 6.95. The van der Waals surface area contributed by atoms with E-state index in [0.717, 1.165) is 46.2 Å². The Hall–Kier alpha value is -3.05. The molecule has 0 radical (unpaired) electrons. The second-order valence-corrected chi connectivity index (χ2v) is 7.84. The molecule has 158 valence electrons.